The molecule has 1 fully saturated rings. The highest BCUT2D eigenvalue weighted by molar-refractivity contribution is 9.10. The highest BCUT2D eigenvalue weighted by atomic mass is 79.9. The summed E-state index contributed by atoms with van der Waals surface area (Å²) < 4.78 is 28.6. The topological polar surface area (TPSA) is 46.2 Å². The van der Waals surface area contributed by atoms with Crippen molar-refractivity contribution in [2.24, 2.45) is 0 Å². The highest BCUT2D eigenvalue weighted by Crippen LogP contribution is 2.39. The minimum Gasteiger partial charge on any atom is -0.210 e. The molecule has 0 spiro atoms. The fourth-order valence-corrected chi connectivity index (χ4v) is 5.55. The van der Waals surface area contributed by atoms with Crippen LogP contribution in [0.25, 0.3) is 0 Å². The molecular formula is C14H20BrNO2S2. The Morgan fingerprint density at radius 1 is 1.35 bits per heavy atom. The van der Waals surface area contributed by atoms with Gasteiger partial charge in [-0.2, -0.15) is 11.8 Å². The molecule has 3 nitrogen and oxygen atoms in total. The van der Waals surface area contributed by atoms with Gasteiger partial charge in [0.25, 0.3) is 0 Å². The molecule has 0 atom stereocenters. The Hall–Kier alpha value is -0.0400. The van der Waals surface area contributed by atoms with Gasteiger partial charge in [-0.3, -0.25) is 0 Å². The highest BCUT2D eigenvalue weighted by Gasteiger charge is 2.34. The van der Waals surface area contributed by atoms with Crippen LogP contribution in [-0.4, -0.2) is 26.0 Å². The fourth-order valence-electron chi connectivity index (χ4n) is 2.64. The Morgan fingerprint density at radius 2 is 2.00 bits per heavy atom. The molecule has 6 heteroatoms. The summed E-state index contributed by atoms with van der Waals surface area (Å²) in [5, 5.41) is 0. The van der Waals surface area contributed by atoms with Crippen LogP contribution in [0.4, 0.5) is 0 Å². The third kappa shape index (κ3) is 3.59. The van der Waals surface area contributed by atoms with Gasteiger partial charge in [0.15, 0.2) is 0 Å². The SMILES string of the molecule is CSC1(CNS(=O)(=O)c2cc(Br)ccc2C)CCCC1. The van der Waals surface area contributed by atoms with E-state index in [4.69, 9.17) is 0 Å². The van der Waals surface area contributed by atoms with Crippen molar-refractivity contribution >= 4 is 37.7 Å². The summed E-state index contributed by atoms with van der Waals surface area (Å²) in [6, 6.07) is 5.34. The van der Waals surface area contributed by atoms with Crippen molar-refractivity contribution in [1.82, 2.24) is 4.72 Å². The predicted octanol–water partition coefficient (Wildman–Crippen LogP) is 3.71. The second-order valence-electron chi connectivity index (χ2n) is 5.33. The summed E-state index contributed by atoms with van der Waals surface area (Å²) in [5.74, 6) is 0. The zero-order chi connectivity index (χ0) is 14.8. The summed E-state index contributed by atoms with van der Waals surface area (Å²) in [5.41, 5.74) is 0.769. The van der Waals surface area contributed by atoms with E-state index < -0.39 is 10.0 Å². The lowest BCUT2D eigenvalue weighted by molar-refractivity contribution is 0.551. The standard InChI is InChI=1S/C14H20BrNO2S2/c1-11-5-6-12(15)9-13(11)20(17,18)16-10-14(19-2)7-3-4-8-14/h5-6,9,16H,3-4,7-8,10H2,1-2H3. The van der Waals surface area contributed by atoms with Gasteiger partial charge in [-0.25, -0.2) is 13.1 Å². The Kier molecular flexibility index (Phi) is 5.21. The quantitative estimate of drug-likeness (QED) is 0.850. The first kappa shape index (κ1) is 16.3. The monoisotopic (exact) mass is 377 g/mol. The van der Waals surface area contributed by atoms with E-state index in [1.165, 1.54) is 12.8 Å². The predicted molar refractivity (Wildman–Crippen MR) is 88.8 cm³/mol. The third-order valence-corrected chi connectivity index (χ3v) is 7.43. The minimum atomic E-state index is -3.44. The number of aryl methyl sites for hydroxylation is 1. The smallest absolute Gasteiger partial charge is 0.210 e. The van der Waals surface area contributed by atoms with Gasteiger partial charge in [0.1, 0.15) is 0 Å². The van der Waals surface area contributed by atoms with Gasteiger partial charge in [0.2, 0.25) is 10.0 Å². The second kappa shape index (κ2) is 6.38. The van der Waals surface area contributed by atoms with Crippen LogP contribution in [0.1, 0.15) is 31.2 Å². The third-order valence-electron chi connectivity index (χ3n) is 3.97. The van der Waals surface area contributed by atoms with Gasteiger partial charge in [0.05, 0.1) is 4.90 Å². The molecule has 0 radical (unpaired) electrons. The van der Waals surface area contributed by atoms with E-state index in [-0.39, 0.29) is 4.75 Å². The van der Waals surface area contributed by atoms with E-state index in [0.717, 1.165) is 22.9 Å². The number of hydrogen-bond acceptors (Lipinski definition) is 3. The molecule has 1 aliphatic carbocycles. The lowest BCUT2D eigenvalue weighted by atomic mass is 10.1. The Balaban J connectivity index is 2.17. The molecule has 1 N–H and O–H groups in total. The molecule has 0 unspecified atom stereocenters. The lowest BCUT2D eigenvalue weighted by Gasteiger charge is -2.27. The van der Waals surface area contributed by atoms with Crippen molar-refractivity contribution < 1.29 is 8.42 Å². The van der Waals surface area contributed by atoms with Crippen molar-refractivity contribution in [3.8, 4) is 0 Å². The van der Waals surface area contributed by atoms with Gasteiger partial charge in [-0.15, -0.1) is 0 Å². The van der Waals surface area contributed by atoms with Crippen molar-refractivity contribution in [2.45, 2.75) is 42.2 Å². The molecule has 0 amide bonds. The fraction of sp³-hybridized carbons (Fsp3) is 0.571. The van der Waals surface area contributed by atoms with E-state index in [9.17, 15) is 8.42 Å². The molecule has 0 aliphatic heterocycles. The normalized spacial score (nSPS) is 18.4. The van der Waals surface area contributed by atoms with Crippen LogP contribution >= 0.6 is 27.7 Å². The number of benzene rings is 1. The number of nitrogens with one attached hydrogen (secondary N) is 1. The Bertz CT molecular complexity index is 581. The van der Waals surface area contributed by atoms with Crippen LogP contribution in [0.3, 0.4) is 0 Å². The first-order valence-corrected chi connectivity index (χ1v) is 10.2. The van der Waals surface area contributed by atoms with Crippen LogP contribution < -0.4 is 4.72 Å². The van der Waals surface area contributed by atoms with E-state index in [1.54, 1.807) is 17.8 Å². The molecule has 1 aromatic rings. The number of sulfonamides is 1. The number of hydrogen-bond donors (Lipinski definition) is 1. The maximum atomic E-state index is 12.5. The van der Waals surface area contributed by atoms with E-state index in [0.29, 0.717) is 11.4 Å². The largest absolute Gasteiger partial charge is 0.240 e. The first-order valence-electron chi connectivity index (χ1n) is 6.70. The molecule has 1 aliphatic rings. The second-order valence-corrected chi connectivity index (χ2v) is 9.25. The summed E-state index contributed by atoms with van der Waals surface area (Å²) >= 11 is 5.12. The maximum Gasteiger partial charge on any atom is 0.240 e. The maximum absolute atomic E-state index is 12.5. The Morgan fingerprint density at radius 3 is 2.60 bits per heavy atom. The average molecular weight is 378 g/mol. The van der Waals surface area contributed by atoms with Crippen LogP contribution in [-0.2, 0) is 10.0 Å². The summed E-state index contributed by atoms with van der Waals surface area (Å²) in [7, 11) is -3.44. The van der Waals surface area contributed by atoms with Crippen molar-refractivity contribution in [2.75, 3.05) is 12.8 Å². The average Bonchev–Trinajstić information content (AvgIpc) is 2.89. The van der Waals surface area contributed by atoms with E-state index >= 15 is 0 Å². The van der Waals surface area contributed by atoms with Crippen molar-refractivity contribution in [3.05, 3.63) is 28.2 Å². The molecule has 112 valence electrons. The molecule has 0 saturated heterocycles. The first-order chi connectivity index (χ1) is 9.38. The van der Waals surface area contributed by atoms with Gasteiger partial charge in [0, 0.05) is 15.8 Å². The zero-order valence-corrected chi connectivity index (χ0v) is 15.0. The zero-order valence-electron chi connectivity index (χ0n) is 11.8. The van der Waals surface area contributed by atoms with Crippen LogP contribution in [0, 0.1) is 6.92 Å². The summed E-state index contributed by atoms with van der Waals surface area (Å²) in [4.78, 5) is 0.362. The van der Waals surface area contributed by atoms with Gasteiger partial charge < -0.3 is 0 Å². The minimum absolute atomic E-state index is 0.0764. The van der Waals surface area contributed by atoms with E-state index in [2.05, 4.69) is 26.9 Å². The van der Waals surface area contributed by atoms with Crippen molar-refractivity contribution in [1.29, 1.82) is 0 Å². The molecular weight excluding hydrogens is 358 g/mol. The lowest BCUT2D eigenvalue weighted by Crippen LogP contribution is -2.38. The van der Waals surface area contributed by atoms with Gasteiger partial charge in [-0.1, -0.05) is 34.8 Å². The number of rotatable bonds is 5. The molecule has 1 aromatic carbocycles. The van der Waals surface area contributed by atoms with Crippen LogP contribution in [0.5, 0.6) is 0 Å². The number of thioether (sulfide) groups is 1. The van der Waals surface area contributed by atoms with Gasteiger partial charge >= 0.3 is 0 Å². The van der Waals surface area contributed by atoms with Crippen LogP contribution in [0.2, 0.25) is 0 Å². The van der Waals surface area contributed by atoms with Crippen LogP contribution in [0.15, 0.2) is 27.6 Å². The molecule has 20 heavy (non-hydrogen) atoms. The molecule has 2 rings (SSSR count). The van der Waals surface area contributed by atoms with Crippen molar-refractivity contribution in [3.63, 3.8) is 0 Å². The molecule has 0 bridgehead atoms. The van der Waals surface area contributed by atoms with Gasteiger partial charge in [-0.05, 0) is 43.7 Å². The summed E-state index contributed by atoms with van der Waals surface area (Å²) in [6.45, 7) is 2.34. The molecule has 0 heterocycles. The number of halogens is 1. The summed E-state index contributed by atoms with van der Waals surface area (Å²) in [6.07, 6.45) is 6.64. The molecule has 1 saturated carbocycles. The molecule has 0 aromatic heterocycles. The Labute approximate surface area is 134 Å². The van der Waals surface area contributed by atoms with E-state index in [1.807, 2.05) is 19.1 Å².